The van der Waals surface area contributed by atoms with Gasteiger partial charge in [-0.25, -0.2) is 0 Å². The first-order chi connectivity index (χ1) is 12.4. The van der Waals surface area contributed by atoms with E-state index in [1.807, 2.05) is 39.0 Å². The largest absolute Gasteiger partial charge is 0.375 e. The molecule has 2 aromatic carbocycles. The van der Waals surface area contributed by atoms with E-state index in [1.165, 1.54) is 0 Å². The van der Waals surface area contributed by atoms with Crippen LogP contribution in [0.15, 0.2) is 36.4 Å². The van der Waals surface area contributed by atoms with Gasteiger partial charge in [0, 0.05) is 17.8 Å². The van der Waals surface area contributed by atoms with Gasteiger partial charge in [0.1, 0.15) is 0 Å². The van der Waals surface area contributed by atoms with Crippen LogP contribution in [0, 0.1) is 13.8 Å². The highest BCUT2D eigenvalue weighted by atomic mass is 35.5. The van der Waals surface area contributed by atoms with Crippen LogP contribution in [0.2, 0.25) is 5.02 Å². The Morgan fingerprint density at radius 3 is 2.42 bits per heavy atom. The number of nitrogens with one attached hydrogen (secondary N) is 3. The number of aryl methyl sites for hydroxylation is 2. The zero-order valence-corrected chi connectivity index (χ0v) is 16.0. The second kappa shape index (κ2) is 9.25. The number of hydrogen-bond acceptors (Lipinski definition) is 3. The first kappa shape index (κ1) is 19.8. The topological polar surface area (TPSA) is 70.2 Å². The monoisotopic (exact) mass is 373 g/mol. The van der Waals surface area contributed by atoms with Crippen molar-refractivity contribution in [3.8, 4) is 0 Å². The first-order valence-electron chi connectivity index (χ1n) is 8.59. The molecule has 0 aliphatic rings. The molecule has 0 radical (unpaired) electrons. The van der Waals surface area contributed by atoms with Crippen molar-refractivity contribution in [2.45, 2.75) is 33.6 Å². The van der Waals surface area contributed by atoms with E-state index in [0.29, 0.717) is 22.8 Å². The maximum atomic E-state index is 12.2. The van der Waals surface area contributed by atoms with Crippen molar-refractivity contribution in [2.24, 2.45) is 0 Å². The summed E-state index contributed by atoms with van der Waals surface area (Å²) in [4.78, 5) is 23.9. The van der Waals surface area contributed by atoms with Crippen molar-refractivity contribution in [2.75, 3.05) is 22.5 Å². The fourth-order valence-electron chi connectivity index (χ4n) is 2.51. The molecule has 0 fully saturated rings. The van der Waals surface area contributed by atoms with Gasteiger partial charge in [0.2, 0.25) is 11.8 Å². The number of hydrogen-bond donors (Lipinski definition) is 3. The minimum absolute atomic E-state index is 0.0478. The summed E-state index contributed by atoms with van der Waals surface area (Å²) in [5, 5.41) is 9.19. The molecule has 0 aliphatic carbocycles. The molecule has 6 heteroatoms. The van der Waals surface area contributed by atoms with E-state index in [4.69, 9.17) is 11.6 Å². The van der Waals surface area contributed by atoms with Crippen molar-refractivity contribution in [3.63, 3.8) is 0 Å². The third-order valence-corrected chi connectivity index (χ3v) is 4.15. The highest BCUT2D eigenvalue weighted by Crippen LogP contribution is 2.25. The Morgan fingerprint density at radius 1 is 0.962 bits per heavy atom. The molecular weight excluding hydrogens is 350 g/mol. The summed E-state index contributed by atoms with van der Waals surface area (Å²) in [5.74, 6) is -0.221. The SMILES string of the molecule is CCCC(=O)Nc1ccc(Cl)c(NCC(=O)Nc2ccc(C)cc2C)c1. The molecule has 0 heterocycles. The molecule has 0 bridgehead atoms. The van der Waals surface area contributed by atoms with Crippen molar-refractivity contribution < 1.29 is 9.59 Å². The van der Waals surface area contributed by atoms with Gasteiger partial charge >= 0.3 is 0 Å². The number of rotatable bonds is 7. The van der Waals surface area contributed by atoms with E-state index in [9.17, 15) is 9.59 Å². The standard InChI is InChI=1S/C20H24ClN3O2/c1-4-5-19(25)23-15-7-8-16(21)18(11-15)22-12-20(26)24-17-9-6-13(2)10-14(17)3/h6-11,22H,4-5,12H2,1-3H3,(H,23,25)(H,24,26). The van der Waals surface area contributed by atoms with Crippen molar-refractivity contribution in [1.82, 2.24) is 0 Å². The van der Waals surface area contributed by atoms with Crippen molar-refractivity contribution in [3.05, 3.63) is 52.5 Å². The van der Waals surface area contributed by atoms with Gasteiger partial charge in [0.15, 0.2) is 0 Å². The lowest BCUT2D eigenvalue weighted by Crippen LogP contribution is -2.22. The number of anilines is 3. The van der Waals surface area contributed by atoms with Gasteiger partial charge in [-0.2, -0.15) is 0 Å². The molecule has 3 N–H and O–H groups in total. The maximum absolute atomic E-state index is 12.2. The lowest BCUT2D eigenvalue weighted by atomic mass is 10.1. The smallest absolute Gasteiger partial charge is 0.243 e. The summed E-state index contributed by atoms with van der Waals surface area (Å²) >= 11 is 6.17. The van der Waals surface area contributed by atoms with Gasteiger partial charge in [0.05, 0.1) is 17.3 Å². The van der Waals surface area contributed by atoms with Crippen LogP contribution < -0.4 is 16.0 Å². The van der Waals surface area contributed by atoms with Gasteiger partial charge in [-0.1, -0.05) is 36.2 Å². The number of carbonyl (C=O) groups is 2. The Morgan fingerprint density at radius 2 is 1.73 bits per heavy atom. The Hall–Kier alpha value is -2.53. The minimum Gasteiger partial charge on any atom is -0.375 e. The third kappa shape index (κ3) is 5.77. The summed E-state index contributed by atoms with van der Waals surface area (Å²) in [6.45, 7) is 5.98. The summed E-state index contributed by atoms with van der Waals surface area (Å²) in [7, 11) is 0. The second-order valence-electron chi connectivity index (χ2n) is 6.21. The average molecular weight is 374 g/mol. The predicted octanol–water partition coefficient (Wildman–Crippen LogP) is 4.75. The van der Waals surface area contributed by atoms with E-state index in [0.717, 1.165) is 23.2 Å². The number of carbonyl (C=O) groups excluding carboxylic acids is 2. The van der Waals surface area contributed by atoms with Crippen LogP contribution in [0.4, 0.5) is 17.1 Å². The minimum atomic E-state index is -0.173. The van der Waals surface area contributed by atoms with Crippen LogP contribution in [-0.2, 0) is 9.59 Å². The zero-order valence-electron chi connectivity index (χ0n) is 15.3. The van der Waals surface area contributed by atoms with Gasteiger partial charge < -0.3 is 16.0 Å². The van der Waals surface area contributed by atoms with E-state index in [2.05, 4.69) is 16.0 Å². The van der Waals surface area contributed by atoms with Crippen molar-refractivity contribution in [1.29, 1.82) is 0 Å². The van der Waals surface area contributed by atoms with Crippen LogP contribution in [0.25, 0.3) is 0 Å². The molecule has 0 aromatic heterocycles. The van der Waals surface area contributed by atoms with Crippen LogP contribution in [0.5, 0.6) is 0 Å². The molecule has 0 spiro atoms. The Bertz CT molecular complexity index is 806. The zero-order chi connectivity index (χ0) is 19.1. The Balaban J connectivity index is 1.97. The highest BCUT2D eigenvalue weighted by molar-refractivity contribution is 6.33. The molecule has 138 valence electrons. The van der Waals surface area contributed by atoms with Gasteiger partial charge in [-0.3, -0.25) is 9.59 Å². The number of benzene rings is 2. The molecule has 0 saturated heterocycles. The lowest BCUT2D eigenvalue weighted by Gasteiger charge is -2.13. The van der Waals surface area contributed by atoms with E-state index in [1.54, 1.807) is 18.2 Å². The predicted molar refractivity (Wildman–Crippen MR) is 108 cm³/mol. The van der Waals surface area contributed by atoms with Gasteiger partial charge in [-0.15, -0.1) is 0 Å². The maximum Gasteiger partial charge on any atom is 0.243 e. The van der Waals surface area contributed by atoms with Gasteiger partial charge in [0.25, 0.3) is 0 Å². The molecule has 26 heavy (non-hydrogen) atoms. The molecule has 2 amide bonds. The highest BCUT2D eigenvalue weighted by Gasteiger charge is 2.08. The summed E-state index contributed by atoms with van der Waals surface area (Å²) < 4.78 is 0. The third-order valence-electron chi connectivity index (χ3n) is 3.82. The molecule has 0 unspecified atom stereocenters. The van der Waals surface area contributed by atoms with E-state index in [-0.39, 0.29) is 18.4 Å². The molecule has 2 aromatic rings. The molecular formula is C20H24ClN3O2. The summed E-state index contributed by atoms with van der Waals surface area (Å²) in [6, 6.07) is 11.0. The second-order valence-corrected chi connectivity index (χ2v) is 6.62. The number of amides is 2. The summed E-state index contributed by atoms with van der Waals surface area (Å²) in [5.41, 5.74) is 4.18. The lowest BCUT2D eigenvalue weighted by molar-refractivity contribution is -0.116. The molecule has 0 saturated carbocycles. The van der Waals surface area contributed by atoms with E-state index >= 15 is 0 Å². The molecule has 2 rings (SSSR count). The Labute approximate surface area is 159 Å². The normalized spacial score (nSPS) is 10.3. The van der Waals surface area contributed by atoms with Crippen molar-refractivity contribution >= 4 is 40.5 Å². The fraction of sp³-hybridized carbons (Fsp3) is 0.300. The van der Waals surface area contributed by atoms with E-state index < -0.39 is 0 Å². The van der Waals surface area contributed by atoms with Gasteiger partial charge in [-0.05, 0) is 50.1 Å². The first-order valence-corrected chi connectivity index (χ1v) is 8.97. The molecule has 0 aliphatic heterocycles. The molecule has 5 nitrogen and oxygen atoms in total. The fourth-order valence-corrected chi connectivity index (χ4v) is 2.70. The van der Waals surface area contributed by atoms with Crippen LogP contribution >= 0.6 is 11.6 Å². The van der Waals surface area contributed by atoms with Crippen LogP contribution in [-0.4, -0.2) is 18.4 Å². The van der Waals surface area contributed by atoms with Crippen LogP contribution in [0.1, 0.15) is 30.9 Å². The van der Waals surface area contributed by atoms with Crippen LogP contribution in [0.3, 0.4) is 0 Å². The Kier molecular flexibility index (Phi) is 7.04. The molecule has 0 atom stereocenters. The number of halogens is 1. The quantitative estimate of drug-likeness (QED) is 0.656. The average Bonchev–Trinajstić information content (AvgIpc) is 2.58. The summed E-state index contributed by atoms with van der Waals surface area (Å²) in [6.07, 6.45) is 1.24.